The van der Waals surface area contributed by atoms with Gasteiger partial charge in [0, 0.05) is 17.7 Å². The van der Waals surface area contributed by atoms with Crippen molar-refractivity contribution in [2.75, 3.05) is 13.4 Å². The van der Waals surface area contributed by atoms with Gasteiger partial charge >= 0.3 is 5.97 Å². The highest BCUT2D eigenvalue weighted by Crippen LogP contribution is 2.11. The maximum absolute atomic E-state index is 12.4. The summed E-state index contributed by atoms with van der Waals surface area (Å²) >= 11 is 1.73. The van der Waals surface area contributed by atoms with Crippen LogP contribution in [0, 0.1) is 0 Å². The molecule has 1 amide bonds. The Bertz CT molecular complexity index is 671. The number of methoxy groups -OCH3 is 1. The lowest BCUT2D eigenvalue weighted by Gasteiger charge is -2.17. The smallest absolute Gasteiger partial charge is 0.328 e. The predicted octanol–water partition coefficient (Wildman–Crippen LogP) is 3.06. The standard InChI is InChI=1S/C19H21NO3S/c1-23-19(22)17(12-14-6-4-3-5-7-14)20-18(21)16-10-8-15(9-11-16)13-24-2/h3-11,17H,12-13H2,1-2H3,(H,20,21). The van der Waals surface area contributed by atoms with Crippen LogP contribution in [0.25, 0.3) is 0 Å². The van der Waals surface area contributed by atoms with Crippen LogP contribution in [0.3, 0.4) is 0 Å². The van der Waals surface area contributed by atoms with Gasteiger partial charge in [0.2, 0.25) is 0 Å². The van der Waals surface area contributed by atoms with Gasteiger partial charge < -0.3 is 10.1 Å². The summed E-state index contributed by atoms with van der Waals surface area (Å²) in [5, 5.41) is 2.77. The molecule has 2 aromatic carbocycles. The molecule has 0 bridgehead atoms. The van der Waals surface area contributed by atoms with Gasteiger partial charge in [0.25, 0.3) is 5.91 Å². The molecule has 0 heterocycles. The Morgan fingerprint density at radius 1 is 1.04 bits per heavy atom. The maximum atomic E-state index is 12.4. The number of rotatable bonds is 7. The molecule has 2 aromatic rings. The van der Waals surface area contributed by atoms with Crippen molar-refractivity contribution in [2.24, 2.45) is 0 Å². The van der Waals surface area contributed by atoms with E-state index in [1.54, 1.807) is 23.9 Å². The van der Waals surface area contributed by atoms with E-state index in [1.165, 1.54) is 7.11 Å². The zero-order valence-electron chi connectivity index (χ0n) is 13.8. The lowest BCUT2D eigenvalue weighted by molar-refractivity contribution is -0.142. The number of carbonyl (C=O) groups is 2. The van der Waals surface area contributed by atoms with Gasteiger partial charge in [0.15, 0.2) is 0 Å². The van der Waals surface area contributed by atoms with Gasteiger partial charge in [-0.15, -0.1) is 0 Å². The summed E-state index contributed by atoms with van der Waals surface area (Å²) in [6.07, 6.45) is 2.43. The highest BCUT2D eigenvalue weighted by atomic mass is 32.2. The summed E-state index contributed by atoms with van der Waals surface area (Å²) in [5.74, 6) is 0.170. The van der Waals surface area contributed by atoms with Crippen LogP contribution in [0.4, 0.5) is 0 Å². The number of hydrogen-bond donors (Lipinski definition) is 1. The number of thioether (sulfide) groups is 1. The SMILES string of the molecule is COC(=O)C(Cc1ccccc1)NC(=O)c1ccc(CSC)cc1. The second-order valence-corrected chi connectivity index (χ2v) is 6.23. The Kier molecular flexibility index (Phi) is 6.88. The molecule has 126 valence electrons. The molecule has 0 spiro atoms. The van der Waals surface area contributed by atoms with Crippen molar-refractivity contribution in [2.45, 2.75) is 18.2 Å². The van der Waals surface area contributed by atoms with Gasteiger partial charge in [-0.25, -0.2) is 4.79 Å². The number of amides is 1. The minimum atomic E-state index is -0.712. The van der Waals surface area contributed by atoms with Crippen LogP contribution in [-0.4, -0.2) is 31.3 Å². The van der Waals surface area contributed by atoms with Crippen molar-refractivity contribution in [3.8, 4) is 0 Å². The Morgan fingerprint density at radius 2 is 1.71 bits per heavy atom. The highest BCUT2D eigenvalue weighted by Gasteiger charge is 2.22. The number of nitrogens with one attached hydrogen (secondary N) is 1. The minimum Gasteiger partial charge on any atom is -0.467 e. The van der Waals surface area contributed by atoms with Crippen molar-refractivity contribution >= 4 is 23.6 Å². The first-order valence-electron chi connectivity index (χ1n) is 7.64. The van der Waals surface area contributed by atoms with E-state index < -0.39 is 12.0 Å². The Labute approximate surface area is 146 Å². The summed E-state index contributed by atoms with van der Waals surface area (Å²) in [7, 11) is 1.32. The van der Waals surface area contributed by atoms with E-state index in [4.69, 9.17) is 4.74 Å². The first-order valence-corrected chi connectivity index (χ1v) is 9.04. The van der Waals surface area contributed by atoms with E-state index in [0.29, 0.717) is 12.0 Å². The predicted molar refractivity (Wildman–Crippen MR) is 97.1 cm³/mol. The van der Waals surface area contributed by atoms with E-state index in [0.717, 1.165) is 16.9 Å². The minimum absolute atomic E-state index is 0.281. The summed E-state index contributed by atoms with van der Waals surface area (Å²) in [5.41, 5.74) is 2.65. The van der Waals surface area contributed by atoms with Crippen molar-refractivity contribution in [1.82, 2.24) is 5.32 Å². The second-order valence-electron chi connectivity index (χ2n) is 5.37. The third-order valence-electron chi connectivity index (χ3n) is 3.60. The Morgan fingerprint density at radius 3 is 2.29 bits per heavy atom. The number of esters is 1. The fourth-order valence-electron chi connectivity index (χ4n) is 2.35. The van der Waals surface area contributed by atoms with Crippen LogP contribution in [0.5, 0.6) is 0 Å². The molecule has 1 atom stereocenters. The molecular weight excluding hydrogens is 322 g/mol. The van der Waals surface area contributed by atoms with Crippen molar-refractivity contribution in [3.05, 3.63) is 71.3 Å². The van der Waals surface area contributed by atoms with Gasteiger partial charge in [0.05, 0.1) is 7.11 Å². The van der Waals surface area contributed by atoms with Crippen LogP contribution in [-0.2, 0) is 21.7 Å². The summed E-state index contributed by atoms with van der Waals surface area (Å²) in [4.78, 5) is 24.4. The van der Waals surface area contributed by atoms with Crippen molar-refractivity contribution in [3.63, 3.8) is 0 Å². The fraction of sp³-hybridized carbons (Fsp3) is 0.263. The van der Waals surface area contributed by atoms with Gasteiger partial charge in [0.1, 0.15) is 6.04 Å². The van der Waals surface area contributed by atoms with Gasteiger partial charge in [-0.05, 0) is 29.5 Å². The molecule has 0 aliphatic heterocycles. The molecule has 0 aliphatic rings. The van der Waals surface area contributed by atoms with Crippen LogP contribution < -0.4 is 5.32 Å². The molecule has 1 N–H and O–H groups in total. The molecule has 0 aliphatic carbocycles. The molecule has 0 saturated carbocycles. The lowest BCUT2D eigenvalue weighted by Crippen LogP contribution is -2.43. The number of ether oxygens (including phenoxy) is 1. The van der Waals surface area contributed by atoms with Crippen LogP contribution >= 0.6 is 11.8 Å². The normalized spacial score (nSPS) is 11.6. The molecule has 0 saturated heterocycles. The zero-order valence-corrected chi connectivity index (χ0v) is 14.6. The van der Waals surface area contributed by atoms with E-state index in [1.807, 2.05) is 48.7 Å². The first kappa shape index (κ1) is 18.1. The fourth-order valence-corrected chi connectivity index (χ4v) is 2.87. The molecule has 0 fully saturated rings. The highest BCUT2D eigenvalue weighted by molar-refractivity contribution is 7.97. The molecule has 0 radical (unpaired) electrons. The van der Waals surface area contributed by atoms with Crippen molar-refractivity contribution < 1.29 is 14.3 Å². The number of carbonyl (C=O) groups excluding carboxylic acids is 2. The first-order chi connectivity index (χ1) is 11.6. The second kappa shape index (κ2) is 9.13. The largest absolute Gasteiger partial charge is 0.467 e. The van der Waals surface area contributed by atoms with E-state index in [9.17, 15) is 9.59 Å². The average Bonchev–Trinajstić information content (AvgIpc) is 2.62. The summed E-state index contributed by atoms with van der Waals surface area (Å²) < 4.78 is 4.82. The molecule has 24 heavy (non-hydrogen) atoms. The molecule has 4 nitrogen and oxygen atoms in total. The number of hydrogen-bond acceptors (Lipinski definition) is 4. The topological polar surface area (TPSA) is 55.4 Å². The average molecular weight is 343 g/mol. The maximum Gasteiger partial charge on any atom is 0.328 e. The Hall–Kier alpha value is -2.27. The van der Waals surface area contributed by atoms with E-state index in [2.05, 4.69) is 5.32 Å². The van der Waals surface area contributed by atoms with Gasteiger partial charge in [-0.3, -0.25) is 4.79 Å². The molecule has 2 rings (SSSR count). The van der Waals surface area contributed by atoms with Gasteiger partial charge in [-0.1, -0.05) is 42.5 Å². The molecule has 5 heteroatoms. The van der Waals surface area contributed by atoms with Gasteiger partial charge in [-0.2, -0.15) is 11.8 Å². The van der Waals surface area contributed by atoms with E-state index >= 15 is 0 Å². The van der Waals surface area contributed by atoms with E-state index in [-0.39, 0.29) is 5.91 Å². The van der Waals surface area contributed by atoms with Crippen molar-refractivity contribution in [1.29, 1.82) is 0 Å². The monoisotopic (exact) mass is 343 g/mol. The third kappa shape index (κ3) is 5.13. The summed E-state index contributed by atoms with van der Waals surface area (Å²) in [6.45, 7) is 0. The zero-order chi connectivity index (χ0) is 17.4. The molecule has 1 unspecified atom stereocenters. The Balaban J connectivity index is 2.07. The molecule has 0 aromatic heterocycles. The van der Waals surface area contributed by atoms with Crippen LogP contribution in [0.2, 0.25) is 0 Å². The summed E-state index contributed by atoms with van der Waals surface area (Å²) in [6, 6.07) is 16.2. The van der Waals surface area contributed by atoms with Crippen LogP contribution in [0.15, 0.2) is 54.6 Å². The molecular formula is C19H21NO3S. The van der Waals surface area contributed by atoms with Crippen LogP contribution in [0.1, 0.15) is 21.5 Å². The third-order valence-corrected chi connectivity index (χ3v) is 4.22. The quantitative estimate of drug-likeness (QED) is 0.785. The number of benzene rings is 2. The lowest BCUT2D eigenvalue weighted by atomic mass is 10.1.